The highest BCUT2D eigenvalue weighted by Gasteiger charge is 2.18. The summed E-state index contributed by atoms with van der Waals surface area (Å²) < 4.78 is 26.8. The van der Waals surface area contributed by atoms with Crippen LogP contribution in [0.25, 0.3) is 0 Å². The Hall–Kier alpha value is -2.13. The lowest BCUT2D eigenvalue weighted by atomic mass is 10.2. The van der Waals surface area contributed by atoms with E-state index in [4.69, 9.17) is 5.73 Å². The molecule has 3 N–H and O–H groups in total. The zero-order valence-corrected chi connectivity index (χ0v) is 12.9. The molecule has 0 aliphatic heterocycles. The molecule has 0 saturated heterocycles. The number of nitrogens with zero attached hydrogens (tertiary/aromatic N) is 4. The molecule has 0 unspecified atom stereocenters. The van der Waals surface area contributed by atoms with E-state index in [1.54, 1.807) is 24.1 Å². The fourth-order valence-corrected chi connectivity index (χ4v) is 2.65. The number of sulfonamides is 1. The zero-order chi connectivity index (χ0) is 15.6. The highest BCUT2D eigenvalue weighted by molar-refractivity contribution is 7.89. The number of hydrogen-bond acceptors (Lipinski definition) is 6. The van der Waals surface area contributed by atoms with Crippen molar-refractivity contribution in [2.45, 2.75) is 11.4 Å². The van der Waals surface area contributed by atoms with Gasteiger partial charge in [0.15, 0.2) is 5.82 Å². The van der Waals surface area contributed by atoms with Gasteiger partial charge in [0.2, 0.25) is 10.0 Å². The molecule has 1 aromatic heterocycles. The minimum Gasteiger partial charge on any atom is -0.397 e. The standard InChI is InChI=1S/C12H18N6O2S/c1-17(2)21(19,20)9-4-5-11(10(13)6-9)14-7-12-15-8-18(3)16-12/h4-6,8,14H,7,13H2,1-3H3. The molecular weight excluding hydrogens is 292 g/mol. The van der Waals surface area contributed by atoms with E-state index in [-0.39, 0.29) is 4.90 Å². The summed E-state index contributed by atoms with van der Waals surface area (Å²) in [4.78, 5) is 4.25. The second kappa shape index (κ2) is 5.70. The van der Waals surface area contributed by atoms with Gasteiger partial charge in [0.1, 0.15) is 6.33 Å². The third-order valence-corrected chi connectivity index (χ3v) is 4.70. The smallest absolute Gasteiger partial charge is 0.242 e. The van der Waals surface area contributed by atoms with Gasteiger partial charge in [-0.3, -0.25) is 4.68 Å². The third-order valence-electron chi connectivity index (χ3n) is 2.89. The molecule has 2 aromatic rings. The summed E-state index contributed by atoms with van der Waals surface area (Å²) in [6, 6.07) is 4.58. The van der Waals surface area contributed by atoms with Crippen LogP contribution in [-0.4, -0.2) is 41.6 Å². The number of hydrogen-bond donors (Lipinski definition) is 2. The van der Waals surface area contributed by atoms with E-state index in [2.05, 4.69) is 15.4 Å². The molecule has 1 heterocycles. The maximum absolute atomic E-state index is 12.0. The van der Waals surface area contributed by atoms with Crippen LogP contribution in [-0.2, 0) is 23.6 Å². The number of aryl methyl sites for hydroxylation is 1. The van der Waals surface area contributed by atoms with Gasteiger partial charge in [0, 0.05) is 21.1 Å². The Kier molecular flexibility index (Phi) is 4.14. The van der Waals surface area contributed by atoms with Gasteiger partial charge < -0.3 is 11.1 Å². The quantitative estimate of drug-likeness (QED) is 0.767. The van der Waals surface area contributed by atoms with Crippen molar-refractivity contribution in [1.29, 1.82) is 0 Å². The van der Waals surface area contributed by atoms with Crippen LogP contribution in [0.15, 0.2) is 29.4 Å². The fourth-order valence-electron chi connectivity index (χ4n) is 1.71. The topological polar surface area (TPSA) is 106 Å². The van der Waals surface area contributed by atoms with Crippen molar-refractivity contribution in [3.8, 4) is 0 Å². The van der Waals surface area contributed by atoms with E-state index in [1.165, 1.54) is 26.2 Å². The van der Waals surface area contributed by atoms with Crippen LogP contribution < -0.4 is 11.1 Å². The molecule has 8 nitrogen and oxygen atoms in total. The van der Waals surface area contributed by atoms with Gasteiger partial charge in [-0.1, -0.05) is 0 Å². The first-order valence-electron chi connectivity index (χ1n) is 6.21. The normalized spacial score (nSPS) is 11.8. The van der Waals surface area contributed by atoms with Gasteiger partial charge in [0.05, 0.1) is 22.8 Å². The summed E-state index contributed by atoms with van der Waals surface area (Å²) in [6.07, 6.45) is 1.60. The third kappa shape index (κ3) is 3.31. The van der Waals surface area contributed by atoms with Crippen molar-refractivity contribution < 1.29 is 8.42 Å². The summed E-state index contributed by atoms with van der Waals surface area (Å²) in [5, 5.41) is 7.21. The predicted octanol–water partition coefficient (Wildman–Crippen LogP) is 0.260. The Morgan fingerprint density at radius 3 is 2.62 bits per heavy atom. The largest absolute Gasteiger partial charge is 0.397 e. The van der Waals surface area contributed by atoms with Crippen molar-refractivity contribution in [2.24, 2.45) is 7.05 Å². The number of rotatable bonds is 5. The zero-order valence-electron chi connectivity index (χ0n) is 12.1. The Labute approximate surface area is 123 Å². The molecule has 2 rings (SSSR count). The molecule has 114 valence electrons. The minimum atomic E-state index is -3.48. The molecule has 0 atom stereocenters. The highest BCUT2D eigenvalue weighted by atomic mass is 32.2. The lowest BCUT2D eigenvalue weighted by molar-refractivity contribution is 0.521. The summed E-state index contributed by atoms with van der Waals surface area (Å²) in [5.74, 6) is 0.627. The highest BCUT2D eigenvalue weighted by Crippen LogP contribution is 2.24. The first-order valence-corrected chi connectivity index (χ1v) is 7.65. The van der Waals surface area contributed by atoms with Crippen LogP contribution >= 0.6 is 0 Å². The van der Waals surface area contributed by atoms with Crippen LogP contribution in [0.2, 0.25) is 0 Å². The molecule has 0 aliphatic carbocycles. The SMILES string of the molecule is CN(C)S(=O)(=O)c1ccc(NCc2ncn(C)n2)c(N)c1. The number of anilines is 2. The Morgan fingerprint density at radius 2 is 2.10 bits per heavy atom. The molecule has 0 amide bonds. The van der Waals surface area contributed by atoms with Gasteiger partial charge in [0.25, 0.3) is 0 Å². The van der Waals surface area contributed by atoms with E-state index < -0.39 is 10.0 Å². The Balaban J connectivity index is 2.16. The summed E-state index contributed by atoms with van der Waals surface area (Å²) in [5.41, 5.74) is 6.89. The van der Waals surface area contributed by atoms with Gasteiger partial charge >= 0.3 is 0 Å². The van der Waals surface area contributed by atoms with E-state index >= 15 is 0 Å². The summed E-state index contributed by atoms with van der Waals surface area (Å²) in [6.45, 7) is 0.408. The van der Waals surface area contributed by atoms with Gasteiger partial charge in [-0.25, -0.2) is 17.7 Å². The monoisotopic (exact) mass is 310 g/mol. The molecule has 0 fully saturated rings. The van der Waals surface area contributed by atoms with Crippen molar-refractivity contribution in [1.82, 2.24) is 19.1 Å². The maximum Gasteiger partial charge on any atom is 0.242 e. The van der Waals surface area contributed by atoms with Crippen molar-refractivity contribution in [3.63, 3.8) is 0 Å². The number of nitrogens with two attached hydrogens (primary N) is 1. The fraction of sp³-hybridized carbons (Fsp3) is 0.333. The number of nitrogens with one attached hydrogen (secondary N) is 1. The van der Waals surface area contributed by atoms with Crippen molar-refractivity contribution >= 4 is 21.4 Å². The molecule has 0 saturated carbocycles. The van der Waals surface area contributed by atoms with Gasteiger partial charge in [-0.05, 0) is 18.2 Å². The van der Waals surface area contributed by atoms with Gasteiger partial charge in [-0.15, -0.1) is 0 Å². The summed E-state index contributed by atoms with van der Waals surface area (Å²) in [7, 11) is 1.25. The predicted molar refractivity (Wildman–Crippen MR) is 80.1 cm³/mol. The average molecular weight is 310 g/mol. The van der Waals surface area contributed by atoms with Crippen LogP contribution in [0.5, 0.6) is 0 Å². The Bertz CT molecular complexity index is 738. The van der Waals surface area contributed by atoms with E-state index in [1.807, 2.05) is 0 Å². The summed E-state index contributed by atoms with van der Waals surface area (Å²) >= 11 is 0. The number of aromatic nitrogens is 3. The Morgan fingerprint density at radius 1 is 1.38 bits per heavy atom. The van der Waals surface area contributed by atoms with Crippen molar-refractivity contribution in [2.75, 3.05) is 25.1 Å². The van der Waals surface area contributed by atoms with Crippen LogP contribution in [0, 0.1) is 0 Å². The number of nitrogen functional groups attached to an aromatic ring is 1. The minimum absolute atomic E-state index is 0.159. The lowest BCUT2D eigenvalue weighted by Crippen LogP contribution is -2.22. The average Bonchev–Trinajstić information content (AvgIpc) is 2.82. The van der Waals surface area contributed by atoms with Crippen LogP contribution in [0.4, 0.5) is 11.4 Å². The molecule has 21 heavy (non-hydrogen) atoms. The molecule has 0 radical (unpaired) electrons. The molecular formula is C12H18N6O2S. The molecule has 0 aliphatic rings. The number of benzene rings is 1. The van der Waals surface area contributed by atoms with E-state index in [0.29, 0.717) is 23.7 Å². The van der Waals surface area contributed by atoms with Crippen LogP contribution in [0.3, 0.4) is 0 Å². The first kappa shape index (κ1) is 15.3. The molecule has 0 spiro atoms. The molecule has 0 bridgehead atoms. The lowest BCUT2D eigenvalue weighted by Gasteiger charge is -2.13. The van der Waals surface area contributed by atoms with Gasteiger partial charge in [-0.2, -0.15) is 5.10 Å². The molecule has 1 aromatic carbocycles. The molecule has 9 heteroatoms. The van der Waals surface area contributed by atoms with E-state index in [0.717, 1.165) is 4.31 Å². The second-order valence-electron chi connectivity index (χ2n) is 4.72. The van der Waals surface area contributed by atoms with Crippen molar-refractivity contribution in [3.05, 3.63) is 30.4 Å². The van der Waals surface area contributed by atoms with E-state index in [9.17, 15) is 8.42 Å². The maximum atomic E-state index is 12.0. The second-order valence-corrected chi connectivity index (χ2v) is 6.88. The first-order chi connectivity index (χ1) is 9.80. The van der Waals surface area contributed by atoms with Crippen LogP contribution in [0.1, 0.15) is 5.82 Å².